The van der Waals surface area contributed by atoms with E-state index in [9.17, 15) is 22.8 Å². The molecule has 1 atom stereocenters. The van der Waals surface area contributed by atoms with E-state index >= 15 is 0 Å². The van der Waals surface area contributed by atoms with Crippen molar-refractivity contribution >= 4 is 17.5 Å². The van der Waals surface area contributed by atoms with Gasteiger partial charge in [-0.1, -0.05) is 17.3 Å². The highest BCUT2D eigenvalue weighted by Crippen LogP contribution is 2.29. The number of alkyl halides is 3. The number of ether oxygens (including phenoxy) is 1. The fourth-order valence-electron chi connectivity index (χ4n) is 3.71. The number of aromatic nitrogens is 5. The molecule has 0 aliphatic carbocycles. The molecule has 1 saturated heterocycles. The minimum absolute atomic E-state index is 0.123. The normalized spacial score (nSPS) is 16.3. The second-order valence-electron chi connectivity index (χ2n) is 7.89. The number of nitrogens with one attached hydrogen (secondary N) is 1. The van der Waals surface area contributed by atoms with Gasteiger partial charge in [-0.05, 0) is 18.2 Å². The van der Waals surface area contributed by atoms with Crippen LogP contribution in [0.5, 0.6) is 0 Å². The molecule has 4 aromatic rings. The van der Waals surface area contributed by atoms with Crippen LogP contribution in [0.1, 0.15) is 26.7 Å². The van der Waals surface area contributed by atoms with Crippen LogP contribution in [0, 0.1) is 0 Å². The van der Waals surface area contributed by atoms with Crippen molar-refractivity contribution in [3.8, 4) is 11.4 Å². The second kappa shape index (κ2) is 9.37. The van der Waals surface area contributed by atoms with Gasteiger partial charge < -0.3 is 19.5 Å². The number of fused-ring (bicyclic) bond motifs is 1. The monoisotopic (exact) mass is 501 g/mol. The minimum atomic E-state index is -4.74. The van der Waals surface area contributed by atoms with Gasteiger partial charge in [-0.25, -0.2) is 9.50 Å². The molecule has 0 saturated carbocycles. The quantitative estimate of drug-likeness (QED) is 0.440. The molecule has 2 amide bonds. The van der Waals surface area contributed by atoms with Gasteiger partial charge in [0.05, 0.1) is 19.3 Å². The van der Waals surface area contributed by atoms with Crippen LogP contribution in [0.25, 0.3) is 17.0 Å². The van der Waals surface area contributed by atoms with E-state index < -0.39 is 24.0 Å². The van der Waals surface area contributed by atoms with Gasteiger partial charge in [0, 0.05) is 42.7 Å². The zero-order chi connectivity index (χ0) is 25.3. The van der Waals surface area contributed by atoms with Crippen LogP contribution in [-0.2, 0) is 10.9 Å². The summed E-state index contributed by atoms with van der Waals surface area (Å²) in [6, 6.07) is 8.56. The highest BCUT2D eigenvalue weighted by atomic mass is 19.4. The summed E-state index contributed by atoms with van der Waals surface area (Å²) in [6.45, 7) is 1.04. The number of amides is 2. The summed E-state index contributed by atoms with van der Waals surface area (Å²) < 4.78 is 49.2. The largest absolute Gasteiger partial charge is 0.471 e. The summed E-state index contributed by atoms with van der Waals surface area (Å²) in [4.78, 5) is 34.8. The molecule has 186 valence electrons. The Kier molecular flexibility index (Phi) is 6.10. The maximum Gasteiger partial charge on any atom is 0.471 e. The van der Waals surface area contributed by atoms with Crippen LogP contribution < -0.4 is 5.32 Å². The van der Waals surface area contributed by atoms with Crippen molar-refractivity contribution < 1.29 is 32.0 Å². The zero-order valence-corrected chi connectivity index (χ0v) is 18.5. The van der Waals surface area contributed by atoms with E-state index in [1.807, 2.05) is 0 Å². The molecule has 0 spiro atoms. The predicted octanol–water partition coefficient (Wildman–Crippen LogP) is 2.07. The van der Waals surface area contributed by atoms with Crippen LogP contribution in [0.4, 0.5) is 13.2 Å². The lowest BCUT2D eigenvalue weighted by atomic mass is 10.1. The standard InChI is InChI=1S/C22H18F3N7O4/c23-22(24,25)21-28-18(30-36-21)13-2-4-14(5-3-13)19(33)27-11-15-12-35-9-8-31(15)20(34)16-10-17-26-6-1-7-32(17)29-16/h1-7,10,15H,8-9,11-12H2,(H,27,33)/t15-/m0/s1. The Labute approximate surface area is 200 Å². The first-order valence-corrected chi connectivity index (χ1v) is 10.8. The highest BCUT2D eigenvalue weighted by molar-refractivity contribution is 5.95. The van der Waals surface area contributed by atoms with E-state index in [2.05, 4.69) is 30.1 Å². The van der Waals surface area contributed by atoms with Gasteiger partial charge in [-0.3, -0.25) is 9.59 Å². The van der Waals surface area contributed by atoms with Crippen molar-refractivity contribution in [3.63, 3.8) is 0 Å². The Hall–Kier alpha value is -4.33. The summed E-state index contributed by atoms with van der Waals surface area (Å²) in [5.41, 5.74) is 1.29. The van der Waals surface area contributed by atoms with E-state index in [0.29, 0.717) is 18.8 Å². The smallest absolute Gasteiger partial charge is 0.377 e. The molecule has 1 fully saturated rings. The van der Waals surface area contributed by atoms with Crippen LogP contribution >= 0.6 is 0 Å². The molecule has 0 radical (unpaired) electrons. The molecule has 4 heterocycles. The molecule has 1 aromatic carbocycles. The number of hydrogen-bond acceptors (Lipinski definition) is 8. The molecule has 3 aromatic heterocycles. The van der Waals surface area contributed by atoms with Gasteiger partial charge in [0.1, 0.15) is 0 Å². The summed E-state index contributed by atoms with van der Waals surface area (Å²) in [7, 11) is 0. The number of morpholine rings is 1. The fraction of sp³-hybridized carbons (Fsp3) is 0.273. The van der Waals surface area contributed by atoms with Gasteiger partial charge in [-0.2, -0.15) is 23.3 Å². The first-order valence-electron chi connectivity index (χ1n) is 10.8. The average molecular weight is 501 g/mol. The highest BCUT2D eigenvalue weighted by Gasteiger charge is 2.38. The summed E-state index contributed by atoms with van der Waals surface area (Å²) in [5, 5.41) is 10.4. The predicted molar refractivity (Wildman–Crippen MR) is 116 cm³/mol. The maximum atomic E-state index is 13.1. The number of benzene rings is 1. The molecule has 1 aliphatic rings. The summed E-state index contributed by atoms with van der Waals surface area (Å²) in [6.07, 6.45) is -1.45. The average Bonchev–Trinajstić information content (AvgIpc) is 3.55. The third kappa shape index (κ3) is 4.75. The van der Waals surface area contributed by atoms with Gasteiger partial charge in [0.25, 0.3) is 11.8 Å². The van der Waals surface area contributed by atoms with Gasteiger partial charge in [-0.15, -0.1) is 0 Å². The SMILES string of the molecule is O=C(NC[C@H]1COCCN1C(=O)c1cc2ncccn2n1)c1ccc(-c2noc(C(F)(F)F)n2)cc1. The van der Waals surface area contributed by atoms with Crippen molar-refractivity contribution in [3.05, 3.63) is 65.9 Å². The molecule has 1 N–H and O–H groups in total. The molecule has 0 unspecified atom stereocenters. The lowest BCUT2D eigenvalue weighted by Gasteiger charge is -2.35. The Morgan fingerprint density at radius 2 is 2.00 bits per heavy atom. The van der Waals surface area contributed by atoms with E-state index in [1.165, 1.54) is 28.8 Å². The number of rotatable bonds is 5. The lowest BCUT2D eigenvalue weighted by molar-refractivity contribution is -0.159. The van der Waals surface area contributed by atoms with Crippen molar-refractivity contribution in [1.29, 1.82) is 0 Å². The molecule has 1 aliphatic heterocycles. The number of carbonyl (C=O) groups is 2. The molecular formula is C22H18F3N7O4. The first-order chi connectivity index (χ1) is 17.3. The van der Waals surface area contributed by atoms with Gasteiger partial charge >= 0.3 is 12.1 Å². The van der Waals surface area contributed by atoms with Crippen molar-refractivity contribution in [2.45, 2.75) is 12.2 Å². The topological polar surface area (TPSA) is 128 Å². The minimum Gasteiger partial charge on any atom is -0.377 e. The summed E-state index contributed by atoms with van der Waals surface area (Å²) >= 11 is 0. The van der Waals surface area contributed by atoms with Crippen molar-refractivity contribution in [2.24, 2.45) is 0 Å². The third-order valence-electron chi connectivity index (χ3n) is 5.52. The molecule has 14 heteroatoms. The second-order valence-corrected chi connectivity index (χ2v) is 7.89. The first kappa shape index (κ1) is 23.4. The van der Waals surface area contributed by atoms with Gasteiger partial charge in [0.2, 0.25) is 5.82 Å². The van der Waals surface area contributed by atoms with E-state index in [1.54, 1.807) is 29.4 Å². The number of halogens is 3. The zero-order valence-electron chi connectivity index (χ0n) is 18.5. The van der Waals surface area contributed by atoms with E-state index in [-0.39, 0.29) is 41.7 Å². The van der Waals surface area contributed by atoms with Crippen LogP contribution in [0.2, 0.25) is 0 Å². The maximum absolute atomic E-state index is 13.1. The molecule has 11 nitrogen and oxygen atoms in total. The molecule has 5 rings (SSSR count). The van der Waals surface area contributed by atoms with E-state index in [4.69, 9.17) is 4.74 Å². The Balaban J connectivity index is 1.23. The Morgan fingerprint density at radius 1 is 1.19 bits per heavy atom. The van der Waals surface area contributed by atoms with Crippen molar-refractivity contribution in [1.82, 2.24) is 35.0 Å². The number of carbonyl (C=O) groups excluding carboxylic acids is 2. The van der Waals surface area contributed by atoms with Crippen molar-refractivity contribution in [2.75, 3.05) is 26.3 Å². The number of hydrogen-bond donors (Lipinski definition) is 1. The van der Waals surface area contributed by atoms with Gasteiger partial charge in [0.15, 0.2) is 11.3 Å². The number of nitrogens with zero attached hydrogens (tertiary/aromatic N) is 6. The Morgan fingerprint density at radius 3 is 2.72 bits per heavy atom. The Bertz CT molecular complexity index is 1370. The van der Waals surface area contributed by atoms with E-state index in [0.717, 1.165) is 0 Å². The van der Waals surface area contributed by atoms with Crippen LogP contribution in [0.15, 0.2) is 53.3 Å². The third-order valence-corrected chi connectivity index (χ3v) is 5.52. The molecular weight excluding hydrogens is 483 g/mol. The summed E-state index contributed by atoms with van der Waals surface area (Å²) in [5.74, 6) is -2.43. The van der Waals surface area contributed by atoms with Crippen LogP contribution in [0.3, 0.4) is 0 Å². The van der Waals surface area contributed by atoms with Crippen LogP contribution in [-0.4, -0.2) is 73.8 Å². The lowest BCUT2D eigenvalue weighted by Crippen LogP contribution is -2.53. The fourth-order valence-corrected chi connectivity index (χ4v) is 3.71. The molecule has 0 bridgehead atoms. The molecule has 36 heavy (non-hydrogen) atoms.